The smallest absolute Gasteiger partial charge is 0.328 e. The Morgan fingerprint density at radius 1 is 1.42 bits per heavy atom. The molecule has 0 saturated heterocycles. The van der Waals surface area contributed by atoms with Gasteiger partial charge in [-0.05, 0) is 28.5 Å². The average Bonchev–Trinajstić information content (AvgIpc) is 2.77. The van der Waals surface area contributed by atoms with Crippen LogP contribution in [0.1, 0.15) is 19.9 Å². The second-order valence-electron chi connectivity index (χ2n) is 4.60. The number of tetrazole rings is 1. The van der Waals surface area contributed by atoms with Crippen LogP contribution in [0.5, 0.6) is 0 Å². The number of carboxylic acids is 1. The molecule has 1 atom stereocenters. The van der Waals surface area contributed by atoms with Crippen LogP contribution in [-0.2, 0) is 4.79 Å². The van der Waals surface area contributed by atoms with E-state index in [1.54, 1.807) is 24.3 Å². The van der Waals surface area contributed by atoms with Gasteiger partial charge in [0, 0.05) is 11.3 Å². The number of nitrogens with zero attached hydrogens (tertiary/aromatic N) is 4. The van der Waals surface area contributed by atoms with Crippen LogP contribution in [-0.4, -0.2) is 31.3 Å². The molecule has 0 aliphatic rings. The Bertz CT molecular complexity index is 593. The van der Waals surface area contributed by atoms with Crippen molar-refractivity contribution in [2.75, 3.05) is 5.73 Å². The summed E-state index contributed by atoms with van der Waals surface area (Å²) in [5.74, 6) is -0.707. The molecule has 3 N–H and O–H groups in total. The molecule has 1 aromatic carbocycles. The van der Waals surface area contributed by atoms with Gasteiger partial charge in [-0.2, -0.15) is 0 Å². The minimum absolute atomic E-state index is 0.138. The summed E-state index contributed by atoms with van der Waals surface area (Å²) in [5, 5.41) is 20.6. The van der Waals surface area contributed by atoms with Crippen molar-refractivity contribution in [2.24, 2.45) is 5.92 Å². The highest BCUT2D eigenvalue weighted by molar-refractivity contribution is 5.73. The molecule has 0 aliphatic heterocycles. The molecule has 7 nitrogen and oxygen atoms in total. The van der Waals surface area contributed by atoms with E-state index in [-0.39, 0.29) is 5.92 Å². The Balaban J connectivity index is 2.50. The van der Waals surface area contributed by atoms with Gasteiger partial charge in [-0.1, -0.05) is 26.0 Å². The Kier molecular flexibility index (Phi) is 3.46. The molecule has 0 bridgehead atoms. The molecule has 1 unspecified atom stereocenters. The van der Waals surface area contributed by atoms with Crippen molar-refractivity contribution in [1.82, 2.24) is 20.2 Å². The summed E-state index contributed by atoms with van der Waals surface area (Å²) in [6.07, 6.45) is 0. The van der Waals surface area contributed by atoms with Crippen LogP contribution in [0.2, 0.25) is 0 Å². The van der Waals surface area contributed by atoms with Crippen LogP contribution in [0, 0.1) is 5.92 Å². The number of nitrogen functional groups attached to an aromatic ring is 1. The quantitative estimate of drug-likeness (QED) is 0.801. The van der Waals surface area contributed by atoms with E-state index in [4.69, 9.17) is 5.73 Å². The van der Waals surface area contributed by atoms with Crippen molar-refractivity contribution < 1.29 is 9.90 Å². The topological polar surface area (TPSA) is 107 Å². The third-order valence-electron chi connectivity index (χ3n) is 2.79. The molecule has 0 saturated carbocycles. The monoisotopic (exact) mass is 261 g/mol. The average molecular weight is 261 g/mol. The van der Waals surface area contributed by atoms with Crippen LogP contribution < -0.4 is 5.73 Å². The molecule has 2 rings (SSSR count). The van der Waals surface area contributed by atoms with Crippen LogP contribution >= 0.6 is 0 Å². The maximum Gasteiger partial charge on any atom is 0.328 e. The summed E-state index contributed by atoms with van der Waals surface area (Å²) in [6, 6.07) is 6.20. The number of hydrogen-bond donors (Lipinski definition) is 2. The zero-order valence-electron chi connectivity index (χ0n) is 10.7. The van der Waals surface area contributed by atoms with Gasteiger partial charge < -0.3 is 10.8 Å². The molecule has 100 valence electrons. The highest BCUT2D eigenvalue weighted by Gasteiger charge is 2.28. The zero-order chi connectivity index (χ0) is 14.0. The number of carbonyl (C=O) groups is 1. The lowest BCUT2D eigenvalue weighted by Gasteiger charge is -2.17. The van der Waals surface area contributed by atoms with E-state index in [2.05, 4.69) is 15.5 Å². The van der Waals surface area contributed by atoms with Crippen molar-refractivity contribution in [2.45, 2.75) is 19.9 Å². The van der Waals surface area contributed by atoms with Crippen molar-refractivity contribution in [3.63, 3.8) is 0 Å². The Morgan fingerprint density at radius 3 is 2.74 bits per heavy atom. The fourth-order valence-corrected chi connectivity index (χ4v) is 1.92. The lowest BCUT2D eigenvalue weighted by Crippen LogP contribution is -2.26. The van der Waals surface area contributed by atoms with Gasteiger partial charge in [-0.25, -0.2) is 9.48 Å². The predicted molar refractivity (Wildman–Crippen MR) is 69.2 cm³/mol. The van der Waals surface area contributed by atoms with Crippen LogP contribution in [0.3, 0.4) is 0 Å². The van der Waals surface area contributed by atoms with Crippen molar-refractivity contribution >= 4 is 11.7 Å². The maximum atomic E-state index is 11.3. The zero-order valence-corrected chi connectivity index (χ0v) is 10.7. The lowest BCUT2D eigenvalue weighted by atomic mass is 10.0. The molecule has 0 radical (unpaired) electrons. The standard InChI is InChI=1S/C12H15N5O2/c1-7(2)10(12(18)19)17-11(14-15-16-17)8-4-3-5-9(13)6-8/h3-7,10H,13H2,1-2H3,(H,18,19). The van der Waals surface area contributed by atoms with Gasteiger partial charge >= 0.3 is 5.97 Å². The van der Waals surface area contributed by atoms with Gasteiger partial charge in [0.05, 0.1) is 0 Å². The molecule has 0 amide bonds. The van der Waals surface area contributed by atoms with E-state index in [0.717, 1.165) is 0 Å². The van der Waals surface area contributed by atoms with Gasteiger partial charge in [0.1, 0.15) is 0 Å². The summed E-state index contributed by atoms with van der Waals surface area (Å²) in [4.78, 5) is 11.3. The number of aliphatic carboxylic acids is 1. The van der Waals surface area contributed by atoms with Crippen LogP contribution in [0.15, 0.2) is 24.3 Å². The fourth-order valence-electron chi connectivity index (χ4n) is 1.92. The summed E-state index contributed by atoms with van der Waals surface area (Å²) < 4.78 is 1.32. The summed E-state index contributed by atoms with van der Waals surface area (Å²) >= 11 is 0. The normalized spacial score (nSPS) is 12.6. The number of aromatic nitrogens is 4. The van der Waals surface area contributed by atoms with E-state index in [9.17, 15) is 9.90 Å². The molecule has 19 heavy (non-hydrogen) atoms. The second kappa shape index (κ2) is 5.05. The minimum atomic E-state index is -0.965. The van der Waals surface area contributed by atoms with Gasteiger partial charge in [-0.3, -0.25) is 0 Å². The van der Waals surface area contributed by atoms with E-state index in [1.807, 2.05) is 13.8 Å². The molecule has 0 spiro atoms. The van der Waals surface area contributed by atoms with E-state index >= 15 is 0 Å². The van der Waals surface area contributed by atoms with Gasteiger partial charge in [0.15, 0.2) is 11.9 Å². The molecule has 2 aromatic rings. The number of rotatable bonds is 4. The number of benzene rings is 1. The summed E-state index contributed by atoms with van der Waals surface area (Å²) in [7, 11) is 0. The molecule has 0 aliphatic carbocycles. The van der Waals surface area contributed by atoms with Gasteiger partial charge in [0.2, 0.25) is 0 Å². The SMILES string of the molecule is CC(C)C(C(=O)O)n1nnnc1-c1cccc(N)c1. The molecule has 1 aromatic heterocycles. The van der Waals surface area contributed by atoms with E-state index in [0.29, 0.717) is 17.1 Å². The van der Waals surface area contributed by atoms with Crippen LogP contribution in [0.25, 0.3) is 11.4 Å². The molecule has 7 heteroatoms. The van der Waals surface area contributed by atoms with Crippen molar-refractivity contribution in [1.29, 1.82) is 0 Å². The molecular formula is C12H15N5O2. The van der Waals surface area contributed by atoms with E-state index < -0.39 is 12.0 Å². The predicted octanol–water partition coefficient (Wildman–Crippen LogP) is 1.20. The first-order valence-corrected chi connectivity index (χ1v) is 5.87. The minimum Gasteiger partial charge on any atom is -0.480 e. The fraction of sp³-hybridized carbons (Fsp3) is 0.333. The largest absolute Gasteiger partial charge is 0.480 e. The number of hydrogen-bond acceptors (Lipinski definition) is 5. The molecule has 0 fully saturated rings. The van der Waals surface area contributed by atoms with E-state index in [1.165, 1.54) is 4.68 Å². The highest BCUT2D eigenvalue weighted by Crippen LogP contribution is 2.24. The first kappa shape index (κ1) is 13.0. The third kappa shape index (κ3) is 2.54. The second-order valence-corrected chi connectivity index (χ2v) is 4.60. The number of carboxylic acid groups (broad SMARTS) is 1. The van der Waals surface area contributed by atoms with Crippen molar-refractivity contribution in [3.8, 4) is 11.4 Å². The van der Waals surface area contributed by atoms with Gasteiger partial charge in [0.25, 0.3) is 0 Å². The first-order valence-electron chi connectivity index (χ1n) is 5.87. The van der Waals surface area contributed by atoms with Crippen molar-refractivity contribution in [3.05, 3.63) is 24.3 Å². The first-order chi connectivity index (χ1) is 9.00. The maximum absolute atomic E-state index is 11.3. The summed E-state index contributed by atoms with van der Waals surface area (Å²) in [6.45, 7) is 3.62. The number of anilines is 1. The Hall–Kier alpha value is -2.44. The molecular weight excluding hydrogens is 246 g/mol. The van der Waals surface area contributed by atoms with Gasteiger partial charge in [-0.15, -0.1) is 5.10 Å². The Labute approximate surface area is 110 Å². The highest BCUT2D eigenvalue weighted by atomic mass is 16.4. The molecule has 1 heterocycles. The summed E-state index contributed by atoms with van der Waals surface area (Å²) in [5.41, 5.74) is 6.98. The lowest BCUT2D eigenvalue weighted by molar-refractivity contribution is -0.142. The third-order valence-corrected chi connectivity index (χ3v) is 2.79. The number of nitrogens with two attached hydrogens (primary N) is 1. The Morgan fingerprint density at radius 2 is 2.16 bits per heavy atom. The van der Waals surface area contributed by atoms with Crippen LogP contribution in [0.4, 0.5) is 5.69 Å².